The third-order valence-corrected chi connectivity index (χ3v) is 5.98. The molecule has 2 amide bonds. The van der Waals surface area contributed by atoms with Crippen molar-refractivity contribution in [2.75, 3.05) is 0 Å². The number of aromatic nitrogens is 2. The molecule has 6 nitrogen and oxygen atoms in total. The minimum atomic E-state index is -0.269. The number of rotatable bonds is 6. The molecule has 3 N–H and O–H groups in total. The van der Waals surface area contributed by atoms with Gasteiger partial charge in [-0.1, -0.05) is 13.8 Å². The van der Waals surface area contributed by atoms with Crippen LogP contribution in [-0.2, 0) is 22.6 Å². The van der Waals surface area contributed by atoms with E-state index in [2.05, 4.69) is 24.3 Å². The van der Waals surface area contributed by atoms with E-state index in [9.17, 15) is 9.59 Å². The summed E-state index contributed by atoms with van der Waals surface area (Å²) in [4.78, 5) is 24.5. The highest BCUT2D eigenvalue weighted by Crippen LogP contribution is 2.48. The third kappa shape index (κ3) is 3.44. The number of carbonyl (C=O) groups excluding carboxylic acids is 2. The highest BCUT2D eigenvalue weighted by molar-refractivity contribution is 5.82. The molecule has 2 bridgehead atoms. The maximum absolute atomic E-state index is 12.6. The summed E-state index contributed by atoms with van der Waals surface area (Å²) in [6, 6.07) is -0.0879. The van der Waals surface area contributed by atoms with Crippen LogP contribution in [0.25, 0.3) is 0 Å². The molecule has 2 saturated carbocycles. The summed E-state index contributed by atoms with van der Waals surface area (Å²) < 4.78 is 1.99. The maximum atomic E-state index is 12.6. The summed E-state index contributed by atoms with van der Waals surface area (Å²) in [5.41, 5.74) is 8.56. The number of primary amides is 1. The van der Waals surface area contributed by atoms with Gasteiger partial charge in [0.15, 0.2) is 0 Å². The monoisotopic (exact) mass is 346 g/mol. The molecular weight excluding hydrogens is 316 g/mol. The molecule has 1 heterocycles. The molecule has 2 aliphatic rings. The summed E-state index contributed by atoms with van der Waals surface area (Å²) in [5, 5.41) is 7.70. The molecule has 3 rings (SSSR count). The Balaban J connectivity index is 1.69. The predicted molar refractivity (Wildman–Crippen MR) is 95.7 cm³/mol. The minimum absolute atomic E-state index is 0.0286. The predicted octanol–water partition coefficient (Wildman–Crippen LogP) is 1.71. The molecule has 0 aromatic carbocycles. The number of carbonyl (C=O) groups is 2. The number of nitrogens with two attached hydrogens (primary N) is 1. The Morgan fingerprint density at radius 3 is 2.60 bits per heavy atom. The van der Waals surface area contributed by atoms with Crippen LogP contribution < -0.4 is 11.1 Å². The largest absolute Gasteiger partial charge is 0.369 e. The lowest BCUT2D eigenvalue weighted by Gasteiger charge is -2.29. The van der Waals surface area contributed by atoms with E-state index in [-0.39, 0.29) is 23.8 Å². The van der Waals surface area contributed by atoms with Gasteiger partial charge in [-0.2, -0.15) is 5.10 Å². The topological polar surface area (TPSA) is 90.0 Å². The fraction of sp³-hybridized carbons (Fsp3) is 0.737. The highest BCUT2D eigenvalue weighted by Gasteiger charge is 2.50. The number of hydrogen-bond acceptors (Lipinski definition) is 3. The highest BCUT2D eigenvalue weighted by atomic mass is 16.2. The molecule has 1 aromatic heterocycles. The van der Waals surface area contributed by atoms with E-state index in [1.807, 2.05) is 18.5 Å². The molecule has 0 aliphatic heterocycles. The summed E-state index contributed by atoms with van der Waals surface area (Å²) in [6.07, 6.45) is 3.48. The van der Waals surface area contributed by atoms with Gasteiger partial charge in [0.05, 0.1) is 18.0 Å². The zero-order valence-corrected chi connectivity index (χ0v) is 15.7. The first-order chi connectivity index (χ1) is 11.8. The molecule has 138 valence electrons. The lowest BCUT2D eigenvalue weighted by molar-refractivity contribution is -0.126. The van der Waals surface area contributed by atoms with Crippen LogP contribution in [0.4, 0.5) is 0 Å². The number of aryl methyl sites for hydroxylation is 1. The first-order valence-electron chi connectivity index (χ1n) is 9.39. The Labute approximate surface area is 149 Å². The van der Waals surface area contributed by atoms with Crippen LogP contribution in [0.15, 0.2) is 0 Å². The number of hydrogen-bond donors (Lipinski definition) is 2. The molecule has 6 heteroatoms. The number of fused-ring (bicyclic) bond motifs is 2. The number of amides is 2. The molecule has 2 aliphatic carbocycles. The van der Waals surface area contributed by atoms with Crippen LogP contribution in [0.2, 0.25) is 0 Å². The van der Waals surface area contributed by atoms with E-state index >= 15 is 0 Å². The van der Waals surface area contributed by atoms with Gasteiger partial charge in [0.1, 0.15) is 0 Å². The molecule has 0 spiro atoms. The molecular formula is C19H30N4O2. The van der Waals surface area contributed by atoms with Gasteiger partial charge in [-0.15, -0.1) is 0 Å². The van der Waals surface area contributed by atoms with Crippen LogP contribution in [-0.4, -0.2) is 27.6 Å². The Hall–Kier alpha value is -1.85. The zero-order chi connectivity index (χ0) is 18.3. The van der Waals surface area contributed by atoms with Crippen molar-refractivity contribution in [3.63, 3.8) is 0 Å². The fourth-order valence-corrected chi connectivity index (χ4v) is 4.82. The van der Waals surface area contributed by atoms with Crippen molar-refractivity contribution in [1.29, 1.82) is 0 Å². The average molecular weight is 346 g/mol. The standard InChI is InChI=1S/C19H30N4O2/c1-10(2)9-23-12(4)15(11(3)22-23)8-16(24)21-18-14-6-5-13(7-14)17(18)19(20)25/h10,13-14,17-18H,5-9H2,1-4H3,(H2,20,25)(H,21,24)/t13-,14-,17+,18+/m0/s1. The molecule has 0 saturated heterocycles. The second kappa shape index (κ2) is 6.81. The van der Waals surface area contributed by atoms with Gasteiger partial charge in [-0.25, -0.2) is 0 Å². The van der Waals surface area contributed by atoms with Gasteiger partial charge in [-0.3, -0.25) is 14.3 Å². The average Bonchev–Trinajstić information content (AvgIpc) is 3.17. The molecule has 1 aromatic rings. The van der Waals surface area contributed by atoms with Crippen molar-refractivity contribution in [1.82, 2.24) is 15.1 Å². The van der Waals surface area contributed by atoms with Gasteiger partial charge < -0.3 is 11.1 Å². The van der Waals surface area contributed by atoms with Gasteiger partial charge in [0.25, 0.3) is 0 Å². The van der Waals surface area contributed by atoms with Gasteiger partial charge in [0.2, 0.25) is 11.8 Å². The molecule has 25 heavy (non-hydrogen) atoms. The van der Waals surface area contributed by atoms with E-state index in [1.165, 1.54) is 0 Å². The summed E-state index contributed by atoms with van der Waals surface area (Å²) in [5.74, 6) is 0.759. The summed E-state index contributed by atoms with van der Waals surface area (Å²) in [6.45, 7) is 9.14. The Morgan fingerprint density at radius 2 is 1.96 bits per heavy atom. The van der Waals surface area contributed by atoms with Crippen molar-refractivity contribution >= 4 is 11.8 Å². The molecule has 4 atom stereocenters. The third-order valence-electron chi connectivity index (χ3n) is 5.98. The minimum Gasteiger partial charge on any atom is -0.369 e. The second-order valence-electron chi connectivity index (χ2n) is 8.26. The normalized spacial score (nSPS) is 27.9. The maximum Gasteiger partial charge on any atom is 0.224 e. The van der Waals surface area contributed by atoms with Crippen LogP contribution in [0.1, 0.15) is 50.1 Å². The van der Waals surface area contributed by atoms with E-state index in [0.29, 0.717) is 24.2 Å². The van der Waals surface area contributed by atoms with Crippen molar-refractivity contribution < 1.29 is 9.59 Å². The second-order valence-corrected chi connectivity index (χ2v) is 8.26. The van der Waals surface area contributed by atoms with Gasteiger partial charge in [0, 0.05) is 23.8 Å². The lowest BCUT2D eigenvalue weighted by atomic mass is 9.84. The lowest BCUT2D eigenvalue weighted by Crippen LogP contribution is -2.49. The smallest absolute Gasteiger partial charge is 0.224 e. The van der Waals surface area contributed by atoms with Crippen molar-refractivity contribution in [3.8, 4) is 0 Å². The van der Waals surface area contributed by atoms with E-state index in [4.69, 9.17) is 5.73 Å². The van der Waals surface area contributed by atoms with Crippen LogP contribution in [0.3, 0.4) is 0 Å². The number of nitrogens with one attached hydrogen (secondary N) is 1. The van der Waals surface area contributed by atoms with Crippen LogP contribution in [0.5, 0.6) is 0 Å². The Morgan fingerprint density at radius 1 is 1.28 bits per heavy atom. The molecule has 0 radical (unpaired) electrons. The zero-order valence-electron chi connectivity index (χ0n) is 15.7. The fourth-order valence-electron chi connectivity index (χ4n) is 4.82. The van der Waals surface area contributed by atoms with Gasteiger partial charge >= 0.3 is 0 Å². The summed E-state index contributed by atoms with van der Waals surface area (Å²) >= 11 is 0. The first-order valence-corrected chi connectivity index (χ1v) is 9.39. The Bertz CT molecular complexity index is 679. The van der Waals surface area contributed by atoms with Gasteiger partial charge in [-0.05, 0) is 50.9 Å². The van der Waals surface area contributed by atoms with E-state index in [0.717, 1.165) is 42.8 Å². The van der Waals surface area contributed by atoms with E-state index < -0.39 is 0 Å². The van der Waals surface area contributed by atoms with Crippen LogP contribution in [0, 0.1) is 37.5 Å². The first kappa shape index (κ1) is 18.0. The SMILES string of the molecule is Cc1nn(CC(C)C)c(C)c1CC(=O)N[C@@H]1[C@H]2CC[C@@H](C2)[C@H]1C(N)=O. The van der Waals surface area contributed by atoms with Crippen LogP contribution >= 0.6 is 0 Å². The Kier molecular flexibility index (Phi) is 4.89. The molecule has 2 fully saturated rings. The van der Waals surface area contributed by atoms with Crippen molar-refractivity contribution in [2.45, 2.75) is 66.0 Å². The van der Waals surface area contributed by atoms with E-state index in [1.54, 1.807) is 0 Å². The van der Waals surface area contributed by atoms with Crippen molar-refractivity contribution in [3.05, 3.63) is 17.0 Å². The van der Waals surface area contributed by atoms with Crippen molar-refractivity contribution in [2.24, 2.45) is 29.4 Å². The number of nitrogens with zero attached hydrogens (tertiary/aromatic N) is 2. The quantitative estimate of drug-likeness (QED) is 0.822. The summed E-state index contributed by atoms with van der Waals surface area (Å²) in [7, 11) is 0. The molecule has 0 unspecified atom stereocenters.